The molecule has 10 heteroatoms. The van der Waals surface area contributed by atoms with E-state index >= 15 is 0 Å². The number of carbonyl (C=O) groups excluding carboxylic acids is 1. The summed E-state index contributed by atoms with van der Waals surface area (Å²) in [6, 6.07) is 5.11. The second kappa shape index (κ2) is 8.60. The van der Waals surface area contributed by atoms with Gasteiger partial charge in [-0.2, -0.15) is 4.31 Å². The highest BCUT2D eigenvalue weighted by Crippen LogP contribution is 2.24. The van der Waals surface area contributed by atoms with Gasteiger partial charge in [0.1, 0.15) is 16.4 Å². The van der Waals surface area contributed by atoms with Crippen LogP contribution in [0.15, 0.2) is 33.7 Å². The number of halogens is 1. The second-order valence-corrected chi connectivity index (χ2v) is 8.99. The Morgan fingerprint density at radius 3 is 2.48 bits per heavy atom. The molecule has 1 aliphatic rings. The number of benzene rings is 1. The Hall–Kier alpha value is -2.30. The molecule has 2 aromatic rings. The molecule has 1 aromatic carbocycles. The van der Waals surface area contributed by atoms with Gasteiger partial charge in [-0.3, -0.25) is 9.69 Å². The molecule has 1 saturated heterocycles. The highest BCUT2D eigenvalue weighted by molar-refractivity contribution is 7.89. The zero-order valence-corrected chi connectivity index (χ0v) is 17.5. The third-order valence-electron chi connectivity index (χ3n) is 5.09. The maximum atomic E-state index is 13.0. The van der Waals surface area contributed by atoms with Crippen molar-refractivity contribution in [3.63, 3.8) is 0 Å². The maximum Gasteiger partial charge on any atom is 0.248 e. The molecule has 1 N–H and O–H groups in total. The van der Waals surface area contributed by atoms with Gasteiger partial charge in [-0.1, -0.05) is 5.16 Å². The van der Waals surface area contributed by atoms with Crippen molar-refractivity contribution in [1.82, 2.24) is 14.4 Å². The first kappa shape index (κ1) is 21.4. The van der Waals surface area contributed by atoms with Crippen LogP contribution in [0.5, 0.6) is 0 Å². The number of nitrogens with zero attached hydrogens (tertiary/aromatic N) is 3. The number of carbonyl (C=O) groups is 1. The first-order valence-corrected chi connectivity index (χ1v) is 10.9. The van der Waals surface area contributed by atoms with Gasteiger partial charge in [-0.05, 0) is 51.5 Å². The Morgan fingerprint density at radius 2 is 1.86 bits per heavy atom. The number of amides is 1. The summed E-state index contributed by atoms with van der Waals surface area (Å²) < 4.78 is 45.5. The highest BCUT2D eigenvalue weighted by atomic mass is 32.2. The van der Waals surface area contributed by atoms with Crippen LogP contribution >= 0.6 is 0 Å². The van der Waals surface area contributed by atoms with E-state index in [9.17, 15) is 17.6 Å². The minimum Gasteiger partial charge on any atom is -0.360 e. The molecule has 0 radical (unpaired) electrons. The first-order chi connectivity index (χ1) is 13.7. The molecular formula is C19H25FN4O4S. The second-order valence-electron chi connectivity index (χ2n) is 7.12. The van der Waals surface area contributed by atoms with E-state index in [2.05, 4.69) is 10.5 Å². The number of aryl methyl sites for hydroxylation is 2. The summed E-state index contributed by atoms with van der Waals surface area (Å²) in [6.45, 7) is 6.59. The number of rotatable bonds is 5. The van der Waals surface area contributed by atoms with Gasteiger partial charge in [0.2, 0.25) is 15.9 Å². The van der Waals surface area contributed by atoms with Gasteiger partial charge in [-0.25, -0.2) is 12.8 Å². The lowest BCUT2D eigenvalue weighted by Crippen LogP contribution is -2.44. The molecule has 0 spiro atoms. The normalized spacial score (nSPS) is 17.7. The quantitative estimate of drug-likeness (QED) is 0.790. The molecule has 158 valence electrons. The van der Waals surface area contributed by atoms with Crippen molar-refractivity contribution >= 4 is 21.6 Å². The number of anilines is 1. The van der Waals surface area contributed by atoms with Crippen LogP contribution in [0.1, 0.15) is 24.8 Å². The van der Waals surface area contributed by atoms with Gasteiger partial charge in [0.25, 0.3) is 0 Å². The van der Waals surface area contributed by atoms with Crippen molar-refractivity contribution in [2.45, 2.75) is 38.1 Å². The molecule has 0 bridgehead atoms. The highest BCUT2D eigenvalue weighted by Gasteiger charge is 2.33. The Balaban J connectivity index is 1.66. The zero-order valence-electron chi connectivity index (χ0n) is 16.7. The molecule has 2 heterocycles. The summed E-state index contributed by atoms with van der Waals surface area (Å²) in [5.74, 6) is -0.322. The molecule has 1 amide bonds. The Labute approximate surface area is 169 Å². The lowest BCUT2D eigenvalue weighted by atomic mass is 10.2. The van der Waals surface area contributed by atoms with E-state index in [0.717, 1.165) is 0 Å². The lowest BCUT2D eigenvalue weighted by Gasteiger charge is -2.26. The minimum atomic E-state index is -3.71. The third kappa shape index (κ3) is 4.65. The van der Waals surface area contributed by atoms with Gasteiger partial charge in [0.05, 0.1) is 6.04 Å². The summed E-state index contributed by atoms with van der Waals surface area (Å²) in [5.41, 5.74) is 0.858. The van der Waals surface area contributed by atoms with Crippen molar-refractivity contribution < 1.29 is 22.1 Å². The minimum absolute atomic E-state index is 0.119. The largest absolute Gasteiger partial charge is 0.360 e. The summed E-state index contributed by atoms with van der Waals surface area (Å²) in [6.07, 6.45) is 0.594. The summed E-state index contributed by atoms with van der Waals surface area (Å²) in [5, 5.41) is 6.51. The predicted molar refractivity (Wildman–Crippen MR) is 105 cm³/mol. The molecule has 1 atom stereocenters. The van der Waals surface area contributed by atoms with Crippen LogP contribution in [0.2, 0.25) is 0 Å². The fraction of sp³-hybridized carbons (Fsp3) is 0.474. The fourth-order valence-corrected chi connectivity index (χ4v) is 5.22. The Bertz CT molecular complexity index is 955. The van der Waals surface area contributed by atoms with Crippen molar-refractivity contribution in [3.8, 4) is 0 Å². The zero-order chi connectivity index (χ0) is 21.2. The van der Waals surface area contributed by atoms with Crippen molar-refractivity contribution in [2.24, 2.45) is 0 Å². The van der Waals surface area contributed by atoms with Crippen LogP contribution in [0, 0.1) is 19.7 Å². The van der Waals surface area contributed by atoms with Crippen LogP contribution < -0.4 is 5.32 Å². The van der Waals surface area contributed by atoms with E-state index in [1.165, 1.54) is 28.6 Å². The monoisotopic (exact) mass is 424 g/mol. The van der Waals surface area contributed by atoms with Gasteiger partial charge < -0.3 is 9.84 Å². The lowest BCUT2D eigenvalue weighted by molar-refractivity contribution is -0.120. The van der Waals surface area contributed by atoms with E-state index in [1.54, 1.807) is 20.8 Å². The van der Waals surface area contributed by atoms with E-state index in [0.29, 0.717) is 37.4 Å². The molecule has 29 heavy (non-hydrogen) atoms. The van der Waals surface area contributed by atoms with Crippen LogP contribution in [0.3, 0.4) is 0 Å². The smallest absolute Gasteiger partial charge is 0.248 e. The molecule has 1 aliphatic heterocycles. The van der Waals surface area contributed by atoms with Crippen LogP contribution in [0.4, 0.5) is 10.1 Å². The standard InChI is InChI=1S/C19H25FN4O4S/c1-13-18(15(3)28-22-13)29(26,27)24-10-4-9-23(11-12-24)14(2)19(25)21-17-7-5-16(20)6-8-17/h5-8,14H,4,9-12H2,1-3H3,(H,21,25). The number of nitrogens with one attached hydrogen (secondary N) is 1. The predicted octanol–water partition coefficient (Wildman–Crippen LogP) is 2.15. The molecule has 3 rings (SSSR count). The topological polar surface area (TPSA) is 95.8 Å². The van der Waals surface area contributed by atoms with Crippen molar-refractivity contribution in [3.05, 3.63) is 41.5 Å². The maximum absolute atomic E-state index is 13.0. The molecule has 1 aromatic heterocycles. The summed E-state index contributed by atoms with van der Waals surface area (Å²) in [4.78, 5) is 14.6. The van der Waals surface area contributed by atoms with Gasteiger partial charge in [-0.15, -0.1) is 0 Å². The average Bonchev–Trinajstić information content (AvgIpc) is 2.88. The summed E-state index contributed by atoms with van der Waals surface area (Å²) in [7, 11) is -3.71. The average molecular weight is 424 g/mol. The molecular weight excluding hydrogens is 399 g/mol. The molecule has 8 nitrogen and oxygen atoms in total. The molecule has 0 saturated carbocycles. The number of aromatic nitrogens is 1. The molecule has 1 unspecified atom stereocenters. The van der Waals surface area contributed by atoms with Crippen molar-refractivity contribution in [2.75, 3.05) is 31.5 Å². The van der Waals surface area contributed by atoms with Crippen molar-refractivity contribution in [1.29, 1.82) is 0 Å². The summed E-state index contributed by atoms with van der Waals surface area (Å²) >= 11 is 0. The van der Waals surface area contributed by atoms with Crippen LogP contribution in [-0.2, 0) is 14.8 Å². The van der Waals surface area contributed by atoms with E-state index in [4.69, 9.17) is 4.52 Å². The van der Waals surface area contributed by atoms with Gasteiger partial charge in [0, 0.05) is 31.9 Å². The Morgan fingerprint density at radius 1 is 1.17 bits per heavy atom. The van der Waals surface area contributed by atoms with Crippen LogP contribution in [0.25, 0.3) is 0 Å². The van der Waals surface area contributed by atoms with Gasteiger partial charge in [0.15, 0.2) is 5.76 Å². The number of hydrogen-bond acceptors (Lipinski definition) is 6. The van der Waals surface area contributed by atoms with E-state index in [-0.39, 0.29) is 28.9 Å². The van der Waals surface area contributed by atoms with E-state index < -0.39 is 16.1 Å². The fourth-order valence-electron chi connectivity index (χ4n) is 3.46. The molecule has 0 aliphatic carbocycles. The number of hydrogen-bond donors (Lipinski definition) is 1. The molecule has 1 fully saturated rings. The first-order valence-electron chi connectivity index (χ1n) is 9.43. The SMILES string of the molecule is Cc1noc(C)c1S(=O)(=O)N1CCCN(C(C)C(=O)Nc2ccc(F)cc2)CC1. The number of sulfonamides is 1. The Kier molecular flexibility index (Phi) is 6.35. The van der Waals surface area contributed by atoms with Crippen LogP contribution in [-0.4, -0.2) is 60.9 Å². The third-order valence-corrected chi connectivity index (χ3v) is 7.24. The van der Waals surface area contributed by atoms with E-state index in [1.807, 2.05) is 4.90 Å². The van der Waals surface area contributed by atoms with Gasteiger partial charge >= 0.3 is 0 Å².